The molecule has 116 valence electrons. The lowest BCUT2D eigenvalue weighted by atomic mass is 10.2. The predicted octanol–water partition coefficient (Wildman–Crippen LogP) is 2.72. The molecule has 2 amide bonds. The molecule has 5 nitrogen and oxygen atoms in total. The van der Waals surface area contributed by atoms with Crippen molar-refractivity contribution in [1.82, 2.24) is 4.90 Å². The van der Waals surface area contributed by atoms with Crippen molar-refractivity contribution in [3.8, 4) is 5.75 Å². The summed E-state index contributed by atoms with van der Waals surface area (Å²) in [6, 6.07) is 4.85. The third-order valence-corrected chi connectivity index (χ3v) is 5.67. The summed E-state index contributed by atoms with van der Waals surface area (Å²) in [6.07, 6.45) is 0. The number of rotatable bonds is 2. The summed E-state index contributed by atoms with van der Waals surface area (Å²) >= 11 is 6.11. The number of carbonyl (C=O) groups is 1. The van der Waals surface area contributed by atoms with Crippen molar-refractivity contribution in [2.24, 2.45) is 0 Å². The number of halogens is 1. The average Bonchev–Trinajstić information content (AvgIpc) is 2.43. The molecule has 0 aliphatic carbocycles. The lowest BCUT2D eigenvalue weighted by Gasteiger charge is -2.37. The van der Waals surface area contributed by atoms with Crippen molar-refractivity contribution in [2.45, 2.75) is 18.6 Å². The van der Waals surface area contributed by atoms with Crippen molar-refractivity contribution >= 4 is 34.1 Å². The molecule has 0 spiro atoms. The molecule has 1 heterocycles. The van der Waals surface area contributed by atoms with Crippen LogP contribution in [0, 0.1) is 0 Å². The number of hydrogen-bond acceptors (Lipinski definition) is 3. The second-order valence-electron chi connectivity index (χ2n) is 5.51. The van der Waals surface area contributed by atoms with Crippen molar-refractivity contribution in [3.63, 3.8) is 0 Å². The largest absolute Gasteiger partial charge is 0.497 e. The van der Waals surface area contributed by atoms with Crippen LogP contribution in [0.5, 0.6) is 5.75 Å². The molecule has 2 rings (SSSR count). The Labute approximate surface area is 132 Å². The third-order valence-electron chi connectivity index (χ3n) is 3.44. The van der Waals surface area contributed by atoms with Crippen molar-refractivity contribution in [2.75, 3.05) is 31.3 Å². The van der Waals surface area contributed by atoms with Crippen molar-refractivity contribution < 1.29 is 13.7 Å². The summed E-state index contributed by atoms with van der Waals surface area (Å²) in [5.74, 6) is 1.13. The van der Waals surface area contributed by atoms with Crippen LogP contribution in [0.15, 0.2) is 18.2 Å². The zero-order valence-corrected chi connectivity index (χ0v) is 13.9. The van der Waals surface area contributed by atoms with Gasteiger partial charge in [0.2, 0.25) is 0 Å². The van der Waals surface area contributed by atoms with Crippen LogP contribution in [0.4, 0.5) is 10.5 Å². The minimum atomic E-state index is -0.907. The van der Waals surface area contributed by atoms with E-state index in [4.69, 9.17) is 16.3 Å². The first kappa shape index (κ1) is 16.1. The molecule has 1 aliphatic rings. The van der Waals surface area contributed by atoms with Gasteiger partial charge in [-0.1, -0.05) is 11.6 Å². The molecule has 7 heteroatoms. The van der Waals surface area contributed by atoms with Crippen molar-refractivity contribution in [1.29, 1.82) is 0 Å². The topological polar surface area (TPSA) is 58.6 Å². The number of carbonyl (C=O) groups excluding carboxylic acids is 1. The van der Waals surface area contributed by atoms with Gasteiger partial charge in [0.05, 0.1) is 22.6 Å². The number of urea groups is 1. The van der Waals surface area contributed by atoms with Gasteiger partial charge in [0.1, 0.15) is 5.75 Å². The lowest BCUT2D eigenvalue weighted by molar-refractivity contribution is 0.207. The van der Waals surface area contributed by atoms with Gasteiger partial charge in [-0.3, -0.25) is 4.21 Å². The summed E-state index contributed by atoms with van der Waals surface area (Å²) in [5, 5.41) is 3.20. The van der Waals surface area contributed by atoms with Crippen LogP contribution < -0.4 is 10.1 Å². The molecular weight excluding hydrogens is 312 g/mol. The highest BCUT2D eigenvalue weighted by Crippen LogP contribution is 2.27. The summed E-state index contributed by atoms with van der Waals surface area (Å²) < 4.78 is 16.6. The zero-order chi connectivity index (χ0) is 15.6. The van der Waals surface area contributed by atoms with E-state index in [0.29, 0.717) is 35.3 Å². The van der Waals surface area contributed by atoms with Crippen LogP contribution in [0.3, 0.4) is 0 Å². The predicted molar refractivity (Wildman–Crippen MR) is 85.7 cm³/mol. The monoisotopic (exact) mass is 330 g/mol. The number of nitrogens with one attached hydrogen (secondary N) is 1. The van der Waals surface area contributed by atoms with Gasteiger partial charge in [-0.2, -0.15) is 0 Å². The fraction of sp³-hybridized carbons (Fsp3) is 0.500. The van der Waals surface area contributed by atoms with Gasteiger partial charge in [0, 0.05) is 35.7 Å². The van der Waals surface area contributed by atoms with E-state index in [-0.39, 0.29) is 10.8 Å². The van der Waals surface area contributed by atoms with E-state index in [2.05, 4.69) is 5.32 Å². The molecule has 1 atom stereocenters. The number of hydrogen-bond donors (Lipinski definition) is 1. The normalized spacial score (nSPS) is 21.0. The Balaban J connectivity index is 2.07. The quantitative estimate of drug-likeness (QED) is 0.907. The second kappa shape index (κ2) is 6.23. The van der Waals surface area contributed by atoms with E-state index in [0.717, 1.165) is 0 Å². The van der Waals surface area contributed by atoms with E-state index in [9.17, 15) is 9.00 Å². The molecule has 0 aromatic heterocycles. The number of benzene rings is 1. The Bertz CT molecular complexity index is 577. The van der Waals surface area contributed by atoms with Crippen LogP contribution in [0.2, 0.25) is 5.02 Å². The van der Waals surface area contributed by atoms with E-state index in [1.807, 2.05) is 13.8 Å². The summed E-state index contributed by atoms with van der Waals surface area (Å²) in [4.78, 5) is 14.0. The van der Waals surface area contributed by atoms with Gasteiger partial charge in [-0.15, -0.1) is 0 Å². The number of nitrogens with zero attached hydrogens (tertiary/aromatic N) is 1. The Kier molecular flexibility index (Phi) is 4.78. The number of amides is 2. The van der Waals surface area contributed by atoms with E-state index in [1.165, 1.54) is 0 Å². The SMILES string of the molecule is COc1ccc(NC(=O)N2CCS(=O)C(C)(C)C2)c(Cl)c1. The Hall–Kier alpha value is -1.27. The average molecular weight is 331 g/mol. The van der Waals surface area contributed by atoms with Crippen LogP contribution in [-0.4, -0.2) is 45.8 Å². The molecule has 0 bridgehead atoms. The fourth-order valence-corrected chi connectivity index (χ4v) is 3.63. The lowest BCUT2D eigenvalue weighted by Crippen LogP contribution is -2.53. The first-order chi connectivity index (χ1) is 9.83. The van der Waals surface area contributed by atoms with Gasteiger partial charge in [0.25, 0.3) is 0 Å². The van der Waals surface area contributed by atoms with E-state index < -0.39 is 10.8 Å². The summed E-state index contributed by atoms with van der Waals surface area (Å²) in [5.41, 5.74) is 0.534. The molecule has 1 aromatic rings. The molecule has 21 heavy (non-hydrogen) atoms. The molecule has 0 saturated carbocycles. The molecular formula is C14H19ClN2O3S. The highest BCUT2D eigenvalue weighted by molar-refractivity contribution is 7.86. The van der Waals surface area contributed by atoms with E-state index in [1.54, 1.807) is 30.2 Å². The standard InChI is InChI=1S/C14H19ClN2O3S/c1-14(2)9-17(6-7-21(14)19)13(18)16-12-5-4-10(20-3)8-11(12)15/h4-5,8H,6-7,9H2,1-3H3,(H,16,18). The minimum Gasteiger partial charge on any atom is -0.497 e. The first-order valence-corrected chi connectivity index (χ1v) is 8.31. The Morgan fingerprint density at radius 1 is 1.48 bits per heavy atom. The van der Waals surface area contributed by atoms with Crippen LogP contribution >= 0.6 is 11.6 Å². The molecule has 0 radical (unpaired) electrons. The fourth-order valence-electron chi connectivity index (χ4n) is 2.17. The minimum absolute atomic E-state index is 0.230. The third kappa shape index (κ3) is 3.68. The molecule has 1 saturated heterocycles. The first-order valence-electron chi connectivity index (χ1n) is 6.61. The summed E-state index contributed by atoms with van der Waals surface area (Å²) in [7, 11) is 0.648. The maximum Gasteiger partial charge on any atom is 0.321 e. The van der Waals surface area contributed by atoms with Gasteiger partial charge in [-0.25, -0.2) is 4.79 Å². The number of anilines is 1. The van der Waals surface area contributed by atoms with Crippen molar-refractivity contribution in [3.05, 3.63) is 23.2 Å². The highest BCUT2D eigenvalue weighted by atomic mass is 35.5. The van der Waals surface area contributed by atoms with Crippen LogP contribution in [0.25, 0.3) is 0 Å². The molecule has 1 unspecified atom stereocenters. The van der Waals surface area contributed by atoms with Crippen LogP contribution in [-0.2, 0) is 10.8 Å². The molecule has 1 aromatic carbocycles. The molecule has 1 N–H and O–H groups in total. The van der Waals surface area contributed by atoms with Gasteiger partial charge in [-0.05, 0) is 26.0 Å². The Morgan fingerprint density at radius 3 is 2.76 bits per heavy atom. The van der Waals surface area contributed by atoms with Gasteiger partial charge >= 0.3 is 6.03 Å². The molecule has 1 aliphatic heterocycles. The van der Waals surface area contributed by atoms with E-state index >= 15 is 0 Å². The number of methoxy groups -OCH3 is 1. The maximum absolute atomic E-state index is 12.3. The zero-order valence-electron chi connectivity index (χ0n) is 12.3. The smallest absolute Gasteiger partial charge is 0.321 e. The summed E-state index contributed by atoms with van der Waals surface area (Å²) in [6.45, 7) is 4.75. The van der Waals surface area contributed by atoms with Gasteiger partial charge < -0.3 is 15.0 Å². The molecule has 1 fully saturated rings. The maximum atomic E-state index is 12.3. The number of ether oxygens (including phenoxy) is 1. The van der Waals surface area contributed by atoms with Gasteiger partial charge in [0.15, 0.2) is 0 Å². The second-order valence-corrected chi connectivity index (χ2v) is 8.12. The Morgan fingerprint density at radius 2 is 2.19 bits per heavy atom. The van der Waals surface area contributed by atoms with Crippen LogP contribution in [0.1, 0.15) is 13.8 Å². The highest BCUT2D eigenvalue weighted by Gasteiger charge is 2.35.